The van der Waals surface area contributed by atoms with E-state index in [4.69, 9.17) is 0 Å². The number of aryl methyl sites for hydroxylation is 2. The van der Waals surface area contributed by atoms with Gasteiger partial charge in [-0.05, 0) is 101 Å². The normalized spacial score (nSPS) is 18.7. The maximum absolute atomic E-state index is 4.42. The summed E-state index contributed by atoms with van der Waals surface area (Å²) in [7, 11) is 2.22. The second-order valence-electron chi connectivity index (χ2n) is 16.1. The molecule has 2 aliphatic carbocycles. The van der Waals surface area contributed by atoms with Crippen LogP contribution in [-0.4, -0.2) is 88.2 Å². The van der Waals surface area contributed by atoms with Crippen molar-refractivity contribution in [2.24, 2.45) is 0 Å². The van der Waals surface area contributed by atoms with Crippen molar-refractivity contribution in [3.8, 4) is 0 Å². The van der Waals surface area contributed by atoms with Gasteiger partial charge in [0.15, 0.2) is 0 Å². The standard InChI is InChI=1S/C25H28N4.C25H27N3.2CH4.ClH/c1-19-26-11-12-29(19)18-21-17-20-7-3-4-9-23(20)25(24-10-6-5-8-22(21)24)28-15-13-27(2)14-16-28;1-19-7-6-14-28(19)18-21-17-20-8-2-3-10-23(20)25(27-15-12-26-13-16-27)24-11-5-4-9-22(21)24;;;/h3-12,17,25H,13-16,18H2,1-2H3;2-11,14,17,25-26H,12-13,15-16,18H2,1H3;2*1H4;1H. The van der Waals surface area contributed by atoms with Crippen molar-refractivity contribution in [3.05, 3.63) is 184 Å². The minimum absolute atomic E-state index is 0. The van der Waals surface area contributed by atoms with Crippen LogP contribution in [0.15, 0.2) is 128 Å². The highest BCUT2D eigenvalue weighted by atomic mass is 35.5. The van der Waals surface area contributed by atoms with E-state index in [0.29, 0.717) is 12.1 Å². The first-order valence-corrected chi connectivity index (χ1v) is 20.8. The molecule has 2 fully saturated rings. The Bertz CT molecular complexity index is 2390. The number of hydrogen-bond acceptors (Lipinski definition) is 5. The highest BCUT2D eigenvalue weighted by Crippen LogP contribution is 2.42. The summed E-state index contributed by atoms with van der Waals surface area (Å²) in [5, 5.41) is 3.50. The fourth-order valence-corrected chi connectivity index (χ4v) is 9.39. The number of aromatic nitrogens is 3. The van der Waals surface area contributed by atoms with E-state index in [-0.39, 0.29) is 27.3 Å². The van der Waals surface area contributed by atoms with Gasteiger partial charge in [-0.3, -0.25) is 9.80 Å². The maximum atomic E-state index is 4.42. The molecule has 2 aliphatic heterocycles. The molecule has 0 bridgehead atoms. The lowest BCUT2D eigenvalue weighted by atomic mass is 9.91. The molecule has 314 valence electrons. The molecule has 8 heteroatoms. The molecule has 4 aliphatic rings. The van der Waals surface area contributed by atoms with Gasteiger partial charge in [0, 0.05) is 89.7 Å². The molecule has 2 saturated heterocycles. The first-order valence-electron chi connectivity index (χ1n) is 20.8. The largest absolute Gasteiger partial charge is 0.347 e. The molecule has 2 aromatic heterocycles. The molecular weight excluding hydrogens is 758 g/mol. The molecule has 0 amide bonds. The smallest absolute Gasteiger partial charge is 0.105 e. The summed E-state index contributed by atoms with van der Waals surface area (Å²) in [5.74, 6) is 1.05. The third kappa shape index (κ3) is 9.16. The molecule has 0 radical (unpaired) electrons. The Morgan fingerprint density at radius 1 is 0.550 bits per heavy atom. The van der Waals surface area contributed by atoms with E-state index in [2.05, 4.69) is 189 Å². The van der Waals surface area contributed by atoms with Gasteiger partial charge < -0.3 is 19.4 Å². The van der Waals surface area contributed by atoms with E-state index in [0.717, 1.165) is 71.3 Å². The van der Waals surface area contributed by atoms with Gasteiger partial charge in [-0.1, -0.05) is 112 Å². The number of nitrogens with one attached hydrogen (secondary N) is 1. The van der Waals surface area contributed by atoms with Crippen LogP contribution in [-0.2, 0) is 13.1 Å². The summed E-state index contributed by atoms with van der Waals surface area (Å²) >= 11 is 0. The third-order valence-electron chi connectivity index (χ3n) is 12.5. The van der Waals surface area contributed by atoms with Crippen LogP contribution in [0.25, 0.3) is 23.3 Å². The van der Waals surface area contributed by atoms with E-state index in [1.165, 1.54) is 61.3 Å². The van der Waals surface area contributed by atoms with Crippen molar-refractivity contribution in [2.75, 3.05) is 59.4 Å². The number of allylic oxidation sites excluding steroid dienone is 2. The zero-order valence-corrected chi connectivity index (χ0v) is 34.9. The van der Waals surface area contributed by atoms with Gasteiger partial charge in [-0.25, -0.2) is 4.98 Å². The van der Waals surface area contributed by atoms with Gasteiger partial charge in [0.1, 0.15) is 5.82 Å². The molecule has 60 heavy (non-hydrogen) atoms. The summed E-state index contributed by atoms with van der Waals surface area (Å²) in [5.41, 5.74) is 15.2. The minimum atomic E-state index is 0. The topological polar surface area (TPSA) is 44.5 Å². The van der Waals surface area contributed by atoms with Crippen molar-refractivity contribution in [1.82, 2.24) is 34.1 Å². The summed E-state index contributed by atoms with van der Waals surface area (Å²) in [4.78, 5) is 12.2. The number of imidazole rings is 1. The van der Waals surface area contributed by atoms with Crippen LogP contribution in [0.4, 0.5) is 0 Å². The number of rotatable bonds is 6. The van der Waals surface area contributed by atoms with E-state index in [1.54, 1.807) is 0 Å². The average molecular weight is 823 g/mol. The zero-order chi connectivity index (χ0) is 38.7. The number of halogens is 1. The molecule has 4 aromatic carbocycles. The van der Waals surface area contributed by atoms with Gasteiger partial charge in [0.05, 0.1) is 12.1 Å². The quantitative estimate of drug-likeness (QED) is 0.181. The zero-order valence-electron chi connectivity index (χ0n) is 34.1. The van der Waals surface area contributed by atoms with Crippen LogP contribution < -0.4 is 5.32 Å². The highest BCUT2D eigenvalue weighted by molar-refractivity contribution is 5.87. The Balaban J connectivity index is 0.000000192. The van der Waals surface area contributed by atoms with Crippen LogP contribution >= 0.6 is 12.4 Å². The lowest BCUT2D eigenvalue weighted by molar-refractivity contribution is 0.127. The SMILES string of the molecule is C.C.Cc1cccn1CC1=Cc2ccccc2C(N2CCNCC2)c2ccccc21.Cc1nccn1CC1=Cc2ccccc2C(N2CCN(C)CC2)c2ccccc21.Cl. The second kappa shape index (κ2) is 20.0. The number of fused-ring (bicyclic) bond motifs is 4. The lowest BCUT2D eigenvalue weighted by Gasteiger charge is -2.39. The molecule has 2 atom stereocenters. The molecule has 7 nitrogen and oxygen atoms in total. The van der Waals surface area contributed by atoms with Gasteiger partial charge in [0.25, 0.3) is 0 Å². The highest BCUT2D eigenvalue weighted by Gasteiger charge is 2.32. The Morgan fingerprint density at radius 3 is 1.53 bits per heavy atom. The summed E-state index contributed by atoms with van der Waals surface area (Å²) in [6, 6.07) is 40.8. The summed E-state index contributed by atoms with van der Waals surface area (Å²) < 4.78 is 4.58. The van der Waals surface area contributed by atoms with E-state index in [1.807, 2.05) is 6.20 Å². The van der Waals surface area contributed by atoms with Crippen LogP contribution in [0.3, 0.4) is 0 Å². The number of benzene rings is 4. The molecule has 10 rings (SSSR count). The van der Waals surface area contributed by atoms with Crippen molar-refractivity contribution in [2.45, 2.75) is 53.9 Å². The Morgan fingerprint density at radius 2 is 1.03 bits per heavy atom. The molecule has 0 saturated carbocycles. The summed E-state index contributed by atoms with van der Waals surface area (Å²) in [6.45, 7) is 14.7. The van der Waals surface area contributed by atoms with Crippen LogP contribution in [0.5, 0.6) is 0 Å². The Labute approximate surface area is 365 Å². The minimum Gasteiger partial charge on any atom is -0.347 e. The summed E-state index contributed by atoms with van der Waals surface area (Å²) in [6.07, 6.45) is 11.0. The predicted octanol–water partition coefficient (Wildman–Crippen LogP) is 10.1. The van der Waals surface area contributed by atoms with Crippen molar-refractivity contribution >= 4 is 35.7 Å². The van der Waals surface area contributed by atoms with Gasteiger partial charge in [-0.2, -0.15) is 0 Å². The first kappa shape index (κ1) is 44.5. The fraction of sp³-hybridized carbons (Fsp3) is 0.327. The molecule has 1 N–H and O–H groups in total. The van der Waals surface area contributed by atoms with E-state index < -0.39 is 0 Å². The van der Waals surface area contributed by atoms with Crippen molar-refractivity contribution in [3.63, 3.8) is 0 Å². The van der Waals surface area contributed by atoms with E-state index in [9.17, 15) is 0 Å². The monoisotopic (exact) mass is 821 g/mol. The molecule has 4 heterocycles. The van der Waals surface area contributed by atoms with Crippen LogP contribution in [0.1, 0.15) is 83.0 Å². The molecule has 0 spiro atoms. The molecule has 2 unspecified atom stereocenters. The average Bonchev–Trinajstić information content (AvgIpc) is 3.78. The van der Waals surface area contributed by atoms with Gasteiger partial charge in [-0.15, -0.1) is 12.4 Å². The predicted molar refractivity (Wildman–Crippen MR) is 256 cm³/mol. The Kier molecular flexibility index (Phi) is 14.9. The van der Waals surface area contributed by atoms with Crippen LogP contribution in [0, 0.1) is 13.8 Å². The molecular formula is C52H64ClN7. The van der Waals surface area contributed by atoms with Crippen molar-refractivity contribution in [1.29, 1.82) is 0 Å². The number of nitrogens with zero attached hydrogens (tertiary/aromatic N) is 6. The van der Waals surface area contributed by atoms with Crippen LogP contribution in [0.2, 0.25) is 0 Å². The second-order valence-corrected chi connectivity index (χ2v) is 16.1. The Hall–Kier alpha value is -5.02. The van der Waals surface area contributed by atoms with E-state index >= 15 is 0 Å². The number of hydrogen-bond donors (Lipinski definition) is 1. The fourth-order valence-electron chi connectivity index (χ4n) is 9.39. The third-order valence-corrected chi connectivity index (χ3v) is 12.5. The number of piperazine rings is 2. The van der Waals surface area contributed by atoms with Crippen molar-refractivity contribution < 1.29 is 0 Å². The molecule has 6 aromatic rings. The first-order chi connectivity index (χ1) is 28.0. The van der Waals surface area contributed by atoms with Gasteiger partial charge in [0.2, 0.25) is 0 Å². The number of likely N-dealkylation sites (N-methyl/N-ethyl adjacent to an activating group) is 1. The lowest BCUT2D eigenvalue weighted by Crippen LogP contribution is -2.46. The van der Waals surface area contributed by atoms with Gasteiger partial charge >= 0.3 is 0 Å². The maximum Gasteiger partial charge on any atom is 0.105 e.